The van der Waals surface area contributed by atoms with E-state index in [0.717, 1.165) is 18.1 Å². The normalized spacial score (nSPS) is 26.7. The van der Waals surface area contributed by atoms with Gasteiger partial charge in [-0.1, -0.05) is 23.7 Å². The van der Waals surface area contributed by atoms with Crippen molar-refractivity contribution in [1.29, 1.82) is 0 Å². The summed E-state index contributed by atoms with van der Waals surface area (Å²) in [5.41, 5.74) is 1.22. The first-order valence-electron chi connectivity index (χ1n) is 4.88. The van der Waals surface area contributed by atoms with E-state index >= 15 is 0 Å². The van der Waals surface area contributed by atoms with Gasteiger partial charge < -0.3 is 10.4 Å². The average molecular weight is 212 g/mol. The summed E-state index contributed by atoms with van der Waals surface area (Å²) in [5.74, 6) is 0.729. The number of rotatable bonds is 2. The van der Waals surface area contributed by atoms with Crippen molar-refractivity contribution in [2.45, 2.75) is 5.92 Å². The molecule has 0 bridgehead atoms. The fraction of sp³-hybridized carbons (Fsp3) is 0.455. The Hall–Kier alpha value is -0.570. The van der Waals surface area contributed by atoms with Gasteiger partial charge in [-0.15, -0.1) is 0 Å². The fourth-order valence-corrected chi connectivity index (χ4v) is 2.25. The highest BCUT2D eigenvalue weighted by Crippen LogP contribution is 2.29. The Bertz CT molecular complexity index is 316. The van der Waals surface area contributed by atoms with E-state index in [4.69, 9.17) is 11.6 Å². The predicted molar refractivity (Wildman–Crippen MR) is 57.6 cm³/mol. The summed E-state index contributed by atoms with van der Waals surface area (Å²) in [7, 11) is 0. The Labute approximate surface area is 88.9 Å². The molecule has 2 atom stereocenters. The van der Waals surface area contributed by atoms with E-state index in [1.54, 1.807) is 0 Å². The van der Waals surface area contributed by atoms with E-state index in [2.05, 4.69) is 11.4 Å². The Morgan fingerprint density at radius 1 is 1.43 bits per heavy atom. The van der Waals surface area contributed by atoms with Gasteiger partial charge in [0.1, 0.15) is 0 Å². The first-order chi connectivity index (χ1) is 6.81. The number of benzene rings is 1. The fourth-order valence-electron chi connectivity index (χ4n) is 2.05. The maximum absolute atomic E-state index is 9.19. The third-order valence-electron chi connectivity index (χ3n) is 2.85. The van der Waals surface area contributed by atoms with Crippen LogP contribution in [0.5, 0.6) is 0 Å². The van der Waals surface area contributed by atoms with Gasteiger partial charge in [-0.2, -0.15) is 0 Å². The summed E-state index contributed by atoms with van der Waals surface area (Å²) in [6.07, 6.45) is 0. The summed E-state index contributed by atoms with van der Waals surface area (Å²) in [5, 5.41) is 13.3. The monoisotopic (exact) mass is 211 g/mol. The number of nitrogens with one attached hydrogen (secondary N) is 1. The van der Waals surface area contributed by atoms with E-state index in [1.165, 1.54) is 5.56 Å². The molecule has 0 aliphatic carbocycles. The lowest BCUT2D eigenvalue weighted by Crippen LogP contribution is -2.14. The van der Waals surface area contributed by atoms with Crippen LogP contribution in [0.2, 0.25) is 5.02 Å². The van der Waals surface area contributed by atoms with Gasteiger partial charge in [0.25, 0.3) is 0 Å². The van der Waals surface area contributed by atoms with Crippen molar-refractivity contribution < 1.29 is 5.11 Å². The van der Waals surface area contributed by atoms with E-state index in [1.807, 2.05) is 18.2 Å². The zero-order valence-corrected chi connectivity index (χ0v) is 8.67. The average Bonchev–Trinajstić information content (AvgIpc) is 2.65. The Morgan fingerprint density at radius 2 is 2.29 bits per heavy atom. The molecule has 1 aromatic carbocycles. The molecule has 0 saturated carbocycles. The van der Waals surface area contributed by atoms with Crippen molar-refractivity contribution in [2.75, 3.05) is 19.7 Å². The molecule has 3 heteroatoms. The number of hydrogen-bond acceptors (Lipinski definition) is 2. The summed E-state index contributed by atoms with van der Waals surface area (Å²) in [6.45, 7) is 2.07. The summed E-state index contributed by atoms with van der Waals surface area (Å²) in [4.78, 5) is 0. The minimum Gasteiger partial charge on any atom is -0.396 e. The van der Waals surface area contributed by atoms with Crippen LogP contribution in [-0.2, 0) is 0 Å². The maximum atomic E-state index is 9.19. The smallest absolute Gasteiger partial charge is 0.0477 e. The first kappa shape index (κ1) is 9.97. The Balaban J connectivity index is 2.21. The molecular formula is C11H14ClNO. The molecule has 1 aliphatic heterocycles. The van der Waals surface area contributed by atoms with Gasteiger partial charge in [-0.05, 0) is 17.7 Å². The minimum atomic E-state index is 0.240. The third-order valence-corrected chi connectivity index (χ3v) is 3.09. The summed E-state index contributed by atoms with van der Waals surface area (Å²) < 4.78 is 0. The lowest BCUT2D eigenvalue weighted by atomic mass is 9.90. The minimum absolute atomic E-state index is 0.240. The lowest BCUT2D eigenvalue weighted by Gasteiger charge is -2.16. The SMILES string of the molecule is OCC1CNCC1c1cccc(Cl)c1. The number of hydrogen-bond donors (Lipinski definition) is 2. The highest BCUT2D eigenvalue weighted by Gasteiger charge is 2.27. The number of halogens is 1. The van der Waals surface area contributed by atoms with Gasteiger partial charge in [0.15, 0.2) is 0 Å². The highest BCUT2D eigenvalue weighted by atomic mass is 35.5. The van der Waals surface area contributed by atoms with Crippen LogP contribution in [-0.4, -0.2) is 24.8 Å². The third kappa shape index (κ3) is 1.92. The van der Waals surface area contributed by atoms with Gasteiger partial charge in [0.2, 0.25) is 0 Å². The molecule has 0 spiro atoms. The molecule has 1 saturated heterocycles. The van der Waals surface area contributed by atoms with Crippen LogP contribution in [0.1, 0.15) is 11.5 Å². The Kier molecular flexibility index (Phi) is 3.06. The van der Waals surface area contributed by atoms with Crippen molar-refractivity contribution in [1.82, 2.24) is 5.32 Å². The van der Waals surface area contributed by atoms with Crippen LogP contribution in [0, 0.1) is 5.92 Å². The molecule has 1 aromatic rings. The van der Waals surface area contributed by atoms with E-state index < -0.39 is 0 Å². The Morgan fingerprint density at radius 3 is 3.00 bits per heavy atom. The number of aliphatic hydroxyl groups is 1. The first-order valence-corrected chi connectivity index (χ1v) is 5.26. The largest absolute Gasteiger partial charge is 0.396 e. The maximum Gasteiger partial charge on any atom is 0.0477 e. The van der Waals surface area contributed by atoms with Crippen LogP contribution >= 0.6 is 11.6 Å². The lowest BCUT2D eigenvalue weighted by molar-refractivity contribution is 0.226. The molecular weight excluding hydrogens is 198 g/mol. The quantitative estimate of drug-likeness (QED) is 0.780. The molecule has 2 N–H and O–H groups in total. The van der Waals surface area contributed by atoms with Crippen molar-refractivity contribution in [3.05, 3.63) is 34.9 Å². The van der Waals surface area contributed by atoms with Crippen LogP contribution in [0.15, 0.2) is 24.3 Å². The molecule has 2 unspecified atom stereocenters. The van der Waals surface area contributed by atoms with Crippen LogP contribution < -0.4 is 5.32 Å². The summed E-state index contributed by atoms with van der Waals surface area (Å²) >= 11 is 5.93. The van der Waals surface area contributed by atoms with Crippen LogP contribution in [0.25, 0.3) is 0 Å². The number of aliphatic hydroxyl groups excluding tert-OH is 1. The van der Waals surface area contributed by atoms with Crippen LogP contribution in [0.4, 0.5) is 0 Å². The zero-order valence-electron chi connectivity index (χ0n) is 7.91. The second kappa shape index (κ2) is 4.30. The molecule has 14 heavy (non-hydrogen) atoms. The zero-order chi connectivity index (χ0) is 9.97. The summed E-state index contributed by atoms with van der Waals surface area (Å²) in [6, 6.07) is 7.90. The van der Waals surface area contributed by atoms with Crippen LogP contribution in [0.3, 0.4) is 0 Å². The molecule has 76 valence electrons. The van der Waals surface area contributed by atoms with E-state index in [0.29, 0.717) is 11.8 Å². The van der Waals surface area contributed by atoms with Crippen molar-refractivity contribution in [3.8, 4) is 0 Å². The second-order valence-electron chi connectivity index (χ2n) is 3.76. The van der Waals surface area contributed by atoms with Crippen molar-refractivity contribution in [2.24, 2.45) is 5.92 Å². The van der Waals surface area contributed by atoms with Gasteiger partial charge in [-0.3, -0.25) is 0 Å². The van der Waals surface area contributed by atoms with Gasteiger partial charge in [0.05, 0.1) is 0 Å². The van der Waals surface area contributed by atoms with E-state index in [9.17, 15) is 5.11 Å². The molecule has 1 fully saturated rings. The molecule has 2 rings (SSSR count). The molecule has 2 nitrogen and oxygen atoms in total. The predicted octanol–water partition coefficient (Wildman–Crippen LogP) is 1.64. The highest BCUT2D eigenvalue weighted by molar-refractivity contribution is 6.30. The van der Waals surface area contributed by atoms with Crippen molar-refractivity contribution in [3.63, 3.8) is 0 Å². The topological polar surface area (TPSA) is 32.3 Å². The molecule has 1 heterocycles. The standard InChI is InChI=1S/C11H14ClNO/c12-10-3-1-2-8(4-10)11-6-13-5-9(11)7-14/h1-4,9,11,13-14H,5-7H2. The van der Waals surface area contributed by atoms with Crippen molar-refractivity contribution >= 4 is 11.6 Å². The van der Waals surface area contributed by atoms with Gasteiger partial charge >= 0.3 is 0 Å². The van der Waals surface area contributed by atoms with Gasteiger partial charge in [0, 0.05) is 36.6 Å². The second-order valence-corrected chi connectivity index (χ2v) is 4.20. The molecule has 0 aromatic heterocycles. The van der Waals surface area contributed by atoms with Gasteiger partial charge in [-0.25, -0.2) is 0 Å². The molecule has 1 aliphatic rings. The van der Waals surface area contributed by atoms with E-state index in [-0.39, 0.29) is 6.61 Å². The molecule has 0 amide bonds. The molecule has 0 radical (unpaired) electrons.